The topological polar surface area (TPSA) is 79.5 Å². The summed E-state index contributed by atoms with van der Waals surface area (Å²) in [6.07, 6.45) is 2.70. The van der Waals surface area contributed by atoms with E-state index in [9.17, 15) is 4.79 Å². The van der Waals surface area contributed by atoms with Crippen LogP contribution in [0.1, 0.15) is 29.9 Å². The van der Waals surface area contributed by atoms with Crippen molar-refractivity contribution in [2.24, 2.45) is 0 Å². The molecule has 2 heterocycles. The maximum Gasteiger partial charge on any atom is 0.407 e. The number of likely N-dealkylation sites (tertiary alicyclic amines) is 1. The van der Waals surface area contributed by atoms with Crippen LogP contribution in [0.15, 0.2) is 12.3 Å². The Kier molecular flexibility index (Phi) is 3.17. The van der Waals surface area contributed by atoms with Crippen LogP contribution in [0.25, 0.3) is 0 Å². The van der Waals surface area contributed by atoms with Crippen molar-refractivity contribution in [1.82, 2.24) is 9.88 Å². The Morgan fingerprint density at radius 1 is 1.53 bits per heavy atom. The summed E-state index contributed by atoms with van der Waals surface area (Å²) in [5.74, 6) is 0.967. The Morgan fingerprint density at radius 3 is 2.71 bits per heavy atom. The number of carbonyl (C=O) groups is 1. The number of aromatic nitrogens is 1. The molecule has 0 aliphatic carbocycles. The van der Waals surface area contributed by atoms with E-state index in [1.54, 1.807) is 0 Å². The highest BCUT2D eigenvalue weighted by Gasteiger charge is 2.23. The quantitative estimate of drug-likeness (QED) is 0.778. The van der Waals surface area contributed by atoms with Crippen LogP contribution in [0, 0.1) is 6.92 Å². The molecular weight excluding hydrogens is 218 g/mol. The van der Waals surface area contributed by atoms with E-state index >= 15 is 0 Å². The van der Waals surface area contributed by atoms with Gasteiger partial charge in [0.1, 0.15) is 5.82 Å². The van der Waals surface area contributed by atoms with E-state index in [2.05, 4.69) is 11.1 Å². The third kappa shape index (κ3) is 2.49. The Morgan fingerprint density at radius 2 is 2.18 bits per heavy atom. The predicted molar refractivity (Wildman–Crippen MR) is 65.0 cm³/mol. The third-order valence-corrected chi connectivity index (χ3v) is 3.38. The summed E-state index contributed by atoms with van der Waals surface area (Å²) in [7, 11) is 0. The molecule has 0 spiro atoms. The lowest BCUT2D eigenvalue weighted by Crippen LogP contribution is -2.36. The first-order chi connectivity index (χ1) is 8.08. The molecule has 17 heavy (non-hydrogen) atoms. The maximum absolute atomic E-state index is 10.8. The SMILES string of the molecule is Cc1cc(C2CCN(C(=O)O)CC2)cnc1N. The van der Waals surface area contributed by atoms with Crippen LogP contribution >= 0.6 is 0 Å². The Hall–Kier alpha value is -1.78. The minimum absolute atomic E-state index is 0.400. The highest BCUT2D eigenvalue weighted by molar-refractivity contribution is 5.65. The lowest BCUT2D eigenvalue weighted by Gasteiger charge is -2.30. The minimum atomic E-state index is -0.824. The van der Waals surface area contributed by atoms with Crippen molar-refractivity contribution < 1.29 is 9.90 Å². The zero-order valence-electron chi connectivity index (χ0n) is 9.89. The van der Waals surface area contributed by atoms with E-state index in [-0.39, 0.29) is 0 Å². The van der Waals surface area contributed by atoms with Gasteiger partial charge in [0.2, 0.25) is 0 Å². The number of pyridine rings is 1. The van der Waals surface area contributed by atoms with Crippen LogP contribution in [0.2, 0.25) is 0 Å². The molecule has 1 amide bonds. The number of nitrogens with two attached hydrogens (primary N) is 1. The molecule has 1 aliphatic heterocycles. The molecule has 1 aromatic rings. The number of piperidine rings is 1. The molecule has 5 heteroatoms. The van der Waals surface area contributed by atoms with Crippen molar-refractivity contribution >= 4 is 11.9 Å². The molecule has 0 radical (unpaired) electrons. The molecule has 0 saturated carbocycles. The summed E-state index contributed by atoms with van der Waals surface area (Å²) in [6, 6.07) is 2.06. The second-order valence-electron chi connectivity index (χ2n) is 4.51. The monoisotopic (exact) mass is 235 g/mol. The highest BCUT2D eigenvalue weighted by Crippen LogP contribution is 2.28. The van der Waals surface area contributed by atoms with E-state index in [4.69, 9.17) is 10.8 Å². The van der Waals surface area contributed by atoms with Gasteiger partial charge in [-0.05, 0) is 36.8 Å². The van der Waals surface area contributed by atoms with Gasteiger partial charge in [-0.2, -0.15) is 0 Å². The summed E-state index contributed by atoms with van der Waals surface area (Å²) in [4.78, 5) is 16.4. The fourth-order valence-corrected chi connectivity index (χ4v) is 2.23. The van der Waals surface area contributed by atoms with Crippen molar-refractivity contribution in [3.05, 3.63) is 23.4 Å². The summed E-state index contributed by atoms with van der Waals surface area (Å²) in [6.45, 7) is 3.14. The molecule has 0 unspecified atom stereocenters. The predicted octanol–water partition coefficient (Wildman–Crippen LogP) is 1.83. The van der Waals surface area contributed by atoms with Crippen molar-refractivity contribution in [3.8, 4) is 0 Å². The zero-order valence-corrected chi connectivity index (χ0v) is 9.89. The van der Waals surface area contributed by atoms with Crippen LogP contribution in [0.3, 0.4) is 0 Å². The Bertz CT molecular complexity index is 426. The molecule has 2 rings (SSSR count). The van der Waals surface area contributed by atoms with Gasteiger partial charge in [-0.15, -0.1) is 0 Å². The number of rotatable bonds is 1. The molecule has 5 nitrogen and oxygen atoms in total. The summed E-state index contributed by atoms with van der Waals surface area (Å²) >= 11 is 0. The molecule has 1 fully saturated rings. The molecule has 0 aromatic carbocycles. The van der Waals surface area contributed by atoms with Crippen LogP contribution in [-0.4, -0.2) is 34.2 Å². The van der Waals surface area contributed by atoms with Crippen molar-refractivity contribution in [3.63, 3.8) is 0 Å². The smallest absolute Gasteiger partial charge is 0.407 e. The molecular formula is C12H17N3O2. The average Bonchev–Trinajstić information content (AvgIpc) is 2.33. The maximum atomic E-state index is 10.8. The second-order valence-corrected chi connectivity index (χ2v) is 4.51. The zero-order chi connectivity index (χ0) is 12.4. The van der Waals surface area contributed by atoms with Crippen LogP contribution in [0.4, 0.5) is 10.6 Å². The van der Waals surface area contributed by atoms with Gasteiger partial charge in [0.05, 0.1) is 0 Å². The fraction of sp³-hybridized carbons (Fsp3) is 0.500. The number of nitrogens with zero attached hydrogens (tertiary/aromatic N) is 2. The van der Waals surface area contributed by atoms with E-state index in [1.807, 2.05) is 13.1 Å². The van der Waals surface area contributed by atoms with Gasteiger partial charge in [0.25, 0.3) is 0 Å². The van der Waals surface area contributed by atoms with Gasteiger partial charge in [-0.1, -0.05) is 6.07 Å². The van der Waals surface area contributed by atoms with Gasteiger partial charge in [-0.3, -0.25) is 0 Å². The summed E-state index contributed by atoms with van der Waals surface area (Å²) in [5.41, 5.74) is 7.84. The number of hydrogen-bond donors (Lipinski definition) is 2. The average molecular weight is 235 g/mol. The number of amides is 1. The standard InChI is InChI=1S/C12H17N3O2/c1-8-6-10(7-14-11(8)13)9-2-4-15(5-3-9)12(16)17/h6-7,9H,2-5H2,1H3,(H2,13,14)(H,16,17). The van der Waals surface area contributed by atoms with E-state index in [1.165, 1.54) is 10.5 Å². The first-order valence-electron chi connectivity index (χ1n) is 5.78. The van der Waals surface area contributed by atoms with Crippen LogP contribution in [-0.2, 0) is 0 Å². The summed E-state index contributed by atoms with van der Waals surface area (Å²) < 4.78 is 0. The van der Waals surface area contributed by atoms with Crippen LogP contribution in [0.5, 0.6) is 0 Å². The van der Waals surface area contributed by atoms with Crippen LogP contribution < -0.4 is 5.73 Å². The van der Waals surface area contributed by atoms with Gasteiger partial charge >= 0.3 is 6.09 Å². The van der Waals surface area contributed by atoms with Gasteiger partial charge < -0.3 is 15.7 Å². The van der Waals surface area contributed by atoms with Gasteiger partial charge in [0.15, 0.2) is 0 Å². The Labute approximate surface area is 100 Å². The van der Waals surface area contributed by atoms with Gasteiger partial charge in [-0.25, -0.2) is 9.78 Å². The van der Waals surface area contributed by atoms with Gasteiger partial charge in [0, 0.05) is 19.3 Å². The number of aryl methyl sites for hydroxylation is 1. The van der Waals surface area contributed by atoms with Crippen molar-refractivity contribution in [2.75, 3.05) is 18.8 Å². The number of carboxylic acid groups (broad SMARTS) is 1. The lowest BCUT2D eigenvalue weighted by atomic mass is 9.90. The molecule has 1 saturated heterocycles. The fourth-order valence-electron chi connectivity index (χ4n) is 2.23. The molecule has 0 atom stereocenters. The number of anilines is 1. The second kappa shape index (κ2) is 4.61. The highest BCUT2D eigenvalue weighted by atomic mass is 16.4. The summed E-state index contributed by atoms with van der Waals surface area (Å²) in [5, 5.41) is 8.87. The van der Waals surface area contributed by atoms with E-state index in [0.29, 0.717) is 24.8 Å². The van der Waals surface area contributed by atoms with E-state index in [0.717, 1.165) is 18.4 Å². The van der Waals surface area contributed by atoms with Crippen molar-refractivity contribution in [2.45, 2.75) is 25.7 Å². The lowest BCUT2D eigenvalue weighted by molar-refractivity contribution is 0.132. The Balaban J connectivity index is 2.05. The normalized spacial score (nSPS) is 17.1. The first kappa shape index (κ1) is 11.7. The largest absolute Gasteiger partial charge is 0.465 e. The molecule has 1 aliphatic rings. The molecule has 92 valence electrons. The third-order valence-electron chi connectivity index (χ3n) is 3.38. The number of nitrogen functional groups attached to an aromatic ring is 1. The first-order valence-corrected chi connectivity index (χ1v) is 5.78. The van der Waals surface area contributed by atoms with Crippen molar-refractivity contribution in [1.29, 1.82) is 0 Å². The molecule has 1 aromatic heterocycles. The number of hydrogen-bond acceptors (Lipinski definition) is 3. The minimum Gasteiger partial charge on any atom is -0.465 e. The molecule has 0 bridgehead atoms. The van der Waals surface area contributed by atoms with E-state index < -0.39 is 6.09 Å². The molecule has 3 N–H and O–H groups in total.